The van der Waals surface area contributed by atoms with Crippen molar-refractivity contribution < 1.29 is 14.3 Å². The number of benzene rings is 2. The lowest BCUT2D eigenvalue weighted by Crippen LogP contribution is -2.22. The summed E-state index contributed by atoms with van der Waals surface area (Å²) >= 11 is 2.80. The Kier molecular flexibility index (Phi) is 5.59. The zero-order valence-corrected chi connectivity index (χ0v) is 17.8. The van der Waals surface area contributed by atoms with Gasteiger partial charge >= 0.3 is 0 Å². The van der Waals surface area contributed by atoms with Crippen LogP contribution in [-0.2, 0) is 4.79 Å². The molecule has 2 N–H and O–H groups in total. The first kappa shape index (κ1) is 19.5. The van der Waals surface area contributed by atoms with Crippen LogP contribution in [0.2, 0.25) is 0 Å². The number of aromatic nitrogens is 2. The van der Waals surface area contributed by atoms with E-state index in [4.69, 9.17) is 9.47 Å². The van der Waals surface area contributed by atoms with Crippen LogP contribution in [0.4, 0.5) is 16.5 Å². The molecule has 0 fully saturated rings. The predicted molar refractivity (Wildman–Crippen MR) is 116 cm³/mol. The van der Waals surface area contributed by atoms with E-state index in [1.807, 2.05) is 19.1 Å². The molecule has 3 aromatic rings. The first-order valence-corrected chi connectivity index (χ1v) is 10.7. The van der Waals surface area contributed by atoms with Crippen molar-refractivity contribution in [1.29, 1.82) is 0 Å². The minimum absolute atomic E-state index is 0.117. The van der Waals surface area contributed by atoms with Gasteiger partial charge in [0.25, 0.3) is 0 Å². The van der Waals surface area contributed by atoms with Gasteiger partial charge in [0.05, 0.1) is 5.25 Å². The molecule has 0 saturated heterocycles. The van der Waals surface area contributed by atoms with Crippen LogP contribution in [-0.4, -0.2) is 28.1 Å². The third-order valence-corrected chi connectivity index (χ3v) is 6.56. The van der Waals surface area contributed by atoms with Crippen molar-refractivity contribution in [2.75, 3.05) is 17.4 Å². The molecule has 4 rings (SSSR count). The monoisotopic (exact) mass is 428 g/mol. The zero-order valence-electron chi connectivity index (χ0n) is 16.2. The van der Waals surface area contributed by atoms with Crippen LogP contribution in [0.5, 0.6) is 11.5 Å². The summed E-state index contributed by atoms with van der Waals surface area (Å²) in [6, 6.07) is 11.4. The third-order valence-electron chi connectivity index (χ3n) is 4.54. The van der Waals surface area contributed by atoms with Crippen molar-refractivity contribution >= 4 is 45.5 Å². The predicted octanol–water partition coefficient (Wildman–Crippen LogP) is 4.75. The summed E-state index contributed by atoms with van der Waals surface area (Å²) in [5, 5.41) is 15.0. The van der Waals surface area contributed by atoms with E-state index in [0.717, 1.165) is 10.0 Å². The maximum atomic E-state index is 12.5. The van der Waals surface area contributed by atoms with Gasteiger partial charge in [0, 0.05) is 17.4 Å². The normalized spacial score (nSPS) is 13.2. The summed E-state index contributed by atoms with van der Waals surface area (Å²) in [6.45, 7) is 6.18. The Morgan fingerprint density at radius 1 is 1.17 bits per heavy atom. The first-order chi connectivity index (χ1) is 14.0. The van der Waals surface area contributed by atoms with Gasteiger partial charge in [-0.2, -0.15) is 0 Å². The van der Waals surface area contributed by atoms with E-state index in [-0.39, 0.29) is 18.0 Å². The highest BCUT2D eigenvalue weighted by Gasteiger charge is 2.19. The van der Waals surface area contributed by atoms with Crippen molar-refractivity contribution in [3.8, 4) is 11.5 Å². The Morgan fingerprint density at radius 2 is 2.00 bits per heavy atom. The van der Waals surface area contributed by atoms with Gasteiger partial charge in [-0.1, -0.05) is 35.2 Å². The average Bonchev–Trinajstić information content (AvgIpc) is 3.34. The number of hydrogen-bond donors (Lipinski definition) is 2. The number of carbonyl (C=O) groups is 1. The molecule has 29 heavy (non-hydrogen) atoms. The molecule has 0 spiro atoms. The van der Waals surface area contributed by atoms with Gasteiger partial charge in [0.2, 0.25) is 17.8 Å². The molecule has 7 nitrogen and oxygen atoms in total. The lowest BCUT2D eigenvalue weighted by molar-refractivity contribution is -0.115. The number of nitrogens with one attached hydrogen (secondary N) is 2. The van der Waals surface area contributed by atoms with Crippen LogP contribution >= 0.6 is 23.1 Å². The molecule has 2 heterocycles. The molecule has 0 unspecified atom stereocenters. The highest BCUT2D eigenvalue weighted by Crippen LogP contribution is 2.35. The molecule has 0 radical (unpaired) electrons. The van der Waals surface area contributed by atoms with Crippen molar-refractivity contribution in [2.45, 2.75) is 30.4 Å². The number of carbonyl (C=O) groups excluding carboxylic acids is 1. The zero-order chi connectivity index (χ0) is 20.4. The molecule has 9 heteroatoms. The van der Waals surface area contributed by atoms with E-state index in [9.17, 15) is 4.79 Å². The number of fused-ring (bicyclic) bond motifs is 1. The summed E-state index contributed by atoms with van der Waals surface area (Å²) in [5.41, 5.74) is 4.06. The SMILES string of the molecule is Cc1cccc(Nc2nnc(S[C@H](C)C(=O)Nc3ccc4c(c3)OCO4)s2)c1C. The molecule has 0 saturated carbocycles. The van der Waals surface area contributed by atoms with Gasteiger partial charge in [-0.25, -0.2) is 0 Å². The summed E-state index contributed by atoms with van der Waals surface area (Å²) in [6.07, 6.45) is 0. The number of rotatable bonds is 6. The molecule has 1 amide bonds. The molecule has 1 aliphatic heterocycles. The molecule has 150 valence electrons. The molecule has 1 atom stereocenters. The minimum Gasteiger partial charge on any atom is -0.454 e. The minimum atomic E-state index is -0.332. The van der Waals surface area contributed by atoms with Gasteiger partial charge in [-0.05, 0) is 50.1 Å². The highest BCUT2D eigenvalue weighted by molar-refractivity contribution is 8.02. The molecule has 1 aliphatic rings. The van der Waals surface area contributed by atoms with Gasteiger partial charge in [-0.15, -0.1) is 10.2 Å². The second kappa shape index (κ2) is 8.30. The number of thioether (sulfide) groups is 1. The van der Waals surface area contributed by atoms with Crippen molar-refractivity contribution in [2.24, 2.45) is 0 Å². The van der Waals surface area contributed by atoms with Gasteiger partial charge in [0.15, 0.2) is 15.8 Å². The Morgan fingerprint density at radius 3 is 2.86 bits per heavy atom. The molecule has 1 aromatic heterocycles. The largest absolute Gasteiger partial charge is 0.454 e. The van der Waals surface area contributed by atoms with E-state index in [1.165, 1.54) is 34.2 Å². The summed E-state index contributed by atoms with van der Waals surface area (Å²) in [5.74, 6) is 1.20. The van der Waals surface area contributed by atoms with Crippen LogP contribution in [0.1, 0.15) is 18.1 Å². The number of anilines is 3. The van der Waals surface area contributed by atoms with E-state index in [0.29, 0.717) is 22.3 Å². The maximum absolute atomic E-state index is 12.5. The smallest absolute Gasteiger partial charge is 0.237 e. The van der Waals surface area contributed by atoms with Crippen molar-refractivity contribution in [3.05, 3.63) is 47.5 Å². The van der Waals surface area contributed by atoms with E-state index >= 15 is 0 Å². The number of nitrogens with zero attached hydrogens (tertiary/aromatic N) is 2. The highest BCUT2D eigenvalue weighted by atomic mass is 32.2. The van der Waals surface area contributed by atoms with Gasteiger partial charge in [0.1, 0.15) is 0 Å². The summed E-state index contributed by atoms with van der Waals surface area (Å²) in [4.78, 5) is 12.5. The van der Waals surface area contributed by atoms with Gasteiger partial charge < -0.3 is 20.1 Å². The number of aryl methyl sites for hydroxylation is 1. The van der Waals surface area contributed by atoms with Crippen molar-refractivity contribution in [1.82, 2.24) is 10.2 Å². The fraction of sp³-hybridized carbons (Fsp3) is 0.250. The topological polar surface area (TPSA) is 85.4 Å². The average molecular weight is 429 g/mol. The van der Waals surface area contributed by atoms with Crippen LogP contribution < -0.4 is 20.1 Å². The standard InChI is InChI=1S/C20H20N4O3S2/c1-11-5-4-6-15(12(11)2)22-19-23-24-20(29-19)28-13(3)18(25)21-14-7-8-16-17(9-14)27-10-26-16/h4-9,13H,10H2,1-3H3,(H,21,25)(H,22,23)/t13-/m1/s1. The Labute approximate surface area is 176 Å². The lowest BCUT2D eigenvalue weighted by Gasteiger charge is -2.10. The number of ether oxygens (including phenoxy) is 2. The Balaban J connectivity index is 1.36. The molecular formula is C20H20N4O3S2. The Bertz CT molecular complexity index is 1050. The molecule has 0 bridgehead atoms. The molecule has 2 aromatic carbocycles. The first-order valence-electron chi connectivity index (χ1n) is 9.03. The van der Waals surface area contributed by atoms with Crippen LogP contribution in [0.15, 0.2) is 40.7 Å². The summed E-state index contributed by atoms with van der Waals surface area (Å²) in [7, 11) is 0. The fourth-order valence-corrected chi connectivity index (χ4v) is 4.64. The van der Waals surface area contributed by atoms with E-state index in [2.05, 4.69) is 40.7 Å². The second-order valence-electron chi connectivity index (χ2n) is 6.56. The Hall–Kier alpha value is -2.78. The van der Waals surface area contributed by atoms with Crippen LogP contribution in [0.25, 0.3) is 0 Å². The fourth-order valence-electron chi connectivity index (χ4n) is 2.73. The van der Waals surface area contributed by atoms with Crippen molar-refractivity contribution in [3.63, 3.8) is 0 Å². The van der Waals surface area contributed by atoms with Crippen LogP contribution in [0, 0.1) is 13.8 Å². The molecular weight excluding hydrogens is 408 g/mol. The number of hydrogen-bond acceptors (Lipinski definition) is 8. The molecule has 0 aliphatic carbocycles. The second-order valence-corrected chi connectivity index (χ2v) is 9.13. The lowest BCUT2D eigenvalue weighted by atomic mass is 10.1. The van der Waals surface area contributed by atoms with E-state index < -0.39 is 0 Å². The van der Waals surface area contributed by atoms with Crippen LogP contribution in [0.3, 0.4) is 0 Å². The van der Waals surface area contributed by atoms with E-state index in [1.54, 1.807) is 18.2 Å². The maximum Gasteiger partial charge on any atom is 0.237 e. The quantitative estimate of drug-likeness (QED) is 0.548. The third kappa shape index (κ3) is 4.46. The summed E-state index contributed by atoms with van der Waals surface area (Å²) < 4.78 is 11.4. The van der Waals surface area contributed by atoms with Gasteiger partial charge in [-0.3, -0.25) is 4.79 Å². The number of amides is 1.